The Morgan fingerprint density at radius 1 is 1.26 bits per heavy atom. The molecule has 0 saturated heterocycles. The Bertz CT molecular complexity index is 517. The molecule has 0 radical (unpaired) electrons. The van der Waals surface area contributed by atoms with Crippen LogP contribution in [0.3, 0.4) is 0 Å². The second-order valence-electron chi connectivity index (χ2n) is 5.05. The summed E-state index contributed by atoms with van der Waals surface area (Å²) in [5.41, 5.74) is 0.0976. The van der Waals surface area contributed by atoms with Crippen molar-refractivity contribution in [1.29, 1.82) is 0 Å². The third kappa shape index (κ3) is 3.29. The van der Waals surface area contributed by atoms with Gasteiger partial charge in [-0.15, -0.1) is 0 Å². The quantitative estimate of drug-likeness (QED) is 0.877. The fourth-order valence-electron chi connectivity index (χ4n) is 1.91. The minimum Gasteiger partial charge on any atom is -0.389 e. The van der Waals surface area contributed by atoms with E-state index in [4.69, 9.17) is 0 Å². The van der Waals surface area contributed by atoms with Crippen molar-refractivity contribution in [2.75, 3.05) is 18.0 Å². The van der Waals surface area contributed by atoms with E-state index in [1.165, 1.54) is 0 Å². The van der Waals surface area contributed by atoms with Crippen LogP contribution in [0.25, 0.3) is 5.69 Å². The second kappa shape index (κ2) is 5.36. The van der Waals surface area contributed by atoms with Crippen LogP contribution in [0.4, 0.5) is 5.95 Å². The highest BCUT2D eigenvalue weighted by molar-refractivity contribution is 5.40. The standard InChI is InChI=1S/C13H19N5O/c1-4-17(10-13(2,3)19)12-14-15-16-18(12)11-8-6-5-7-9-11/h5-9,19H,4,10H2,1-3H3. The van der Waals surface area contributed by atoms with Gasteiger partial charge in [0.15, 0.2) is 0 Å². The van der Waals surface area contributed by atoms with Crippen LogP contribution in [0.15, 0.2) is 30.3 Å². The van der Waals surface area contributed by atoms with Gasteiger partial charge >= 0.3 is 0 Å². The Hall–Kier alpha value is -1.95. The van der Waals surface area contributed by atoms with Crippen molar-refractivity contribution in [3.8, 4) is 5.69 Å². The van der Waals surface area contributed by atoms with E-state index in [-0.39, 0.29) is 0 Å². The zero-order valence-corrected chi connectivity index (χ0v) is 11.5. The number of para-hydroxylation sites is 1. The summed E-state index contributed by atoms with van der Waals surface area (Å²) in [5.74, 6) is 0.635. The summed E-state index contributed by atoms with van der Waals surface area (Å²) < 4.78 is 1.68. The number of aliphatic hydroxyl groups is 1. The summed E-state index contributed by atoms with van der Waals surface area (Å²) in [4.78, 5) is 1.95. The summed E-state index contributed by atoms with van der Waals surface area (Å²) in [6.07, 6.45) is 0. The van der Waals surface area contributed by atoms with Gasteiger partial charge < -0.3 is 10.0 Å². The van der Waals surface area contributed by atoms with E-state index in [0.717, 1.165) is 12.2 Å². The maximum absolute atomic E-state index is 9.96. The molecule has 0 spiro atoms. The largest absolute Gasteiger partial charge is 0.389 e. The molecular weight excluding hydrogens is 242 g/mol. The third-order valence-electron chi connectivity index (χ3n) is 2.70. The number of likely N-dealkylation sites (N-methyl/N-ethyl adjacent to an activating group) is 1. The van der Waals surface area contributed by atoms with E-state index in [0.29, 0.717) is 12.5 Å². The summed E-state index contributed by atoms with van der Waals surface area (Å²) in [5, 5.41) is 21.8. The SMILES string of the molecule is CCN(CC(C)(C)O)c1nnnn1-c1ccccc1. The van der Waals surface area contributed by atoms with Crippen molar-refractivity contribution in [2.24, 2.45) is 0 Å². The number of nitrogens with zero attached hydrogens (tertiary/aromatic N) is 5. The Balaban J connectivity index is 2.33. The van der Waals surface area contributed by atoms with E-state index in [1.807, 2.05) is 42.2 Å². The lowest BCUT2D eigenvalue weighted by Crippen LogP contribution is -2.40. The summed E-state index contributed by atoms with van der Waals surface area (Å²) in [6.45, 7) is 6.74. The zero-order chi connectivity index (χ0) is 13.9. The van der Waals surface area contributed by atoms with Crippen LogP contribution in [-0.4, -0.2) is 44.0 Å². The molecule has 0 aliphatic carbocycles. The molecule has 0 saturated carbocycles. The van der Waals surface area contributed by atoms with Crippen molar-refractivity contribution in [3.63, 3.8) is 0 Å². The molecule has 19 heavy (non-hydrogen) atoms. The van der Waals surface area contributed by atoms with Crippen molar-refractivity contribution in [3.05, 3.63) is 30.3 Å². The average Bonchev–Trinajstić information content (AvgIpc) is 2.85. The predicted octanol–water partition coefficient (Wildman–Crippen LogP) is 1.26. The number of tetrazole rings is 1. The molecule has 0 unspecified atom stereocenters. The first kappa shape index (κ1) is 13.5. The van der Waals surface area contributed by atoms with E-state index in [1.54, 1.807) is 18.5 Å². The second-order valence-corrected chi connectivity index (χ2v) is 5.05. The molecule has 1 N–H and O–H groups in total. The van der Waals surface area contributed by atoms with Gasteiger partial charge in [0.05, 0.1) is 11.3 Å². The van der Waals surface area contributed by atoms with Crippen LogP contribution >= 0.6 is 0 Å². The van der Waals surface area contributed by atoms with Gasteiger partial charge in [0.1, 0.15) is 0 Å². The Labute approximate surface area is 112 Å². The normalized spacial score (nSPS) is 11.6. The first-order valence-electron chi connectivity index (χ1n) is 6.32. The van der Waals surface area contributed by atoms with Crippen molar-refractivity contribution < 1.29 is 5.11 Å². The van der Waals surface area contributed by atoms with Gasteiger partial charge in [-0.25, -0.2) is 0 Å². The van der Waals surface area contributed by atoms with Crippen LogP contribution in [0.5, 0.6) is 0 Å². The van der Waals surface area contributed by atoms with E-state index >= 15 is 0 Å². The summed E-state index contributed by atoms with van der Waals surface area (Å²) in [6, 6.07) is 9.71. The molecule has 1 heterocycles. The van der Waals surface area contributed by atoms with Crippen molar-refractivity contribution in [2.45, 2.75) is 26.4 Å². The Kier molecular flexibility index (Phi) is 3.80. The molecule has 0 bridgehead atoms. The van der Waals surface area contributed by atoms with Crippen molar-refractivity contribution in [1.82, 2.24) is 20.2 Å². The molecule has 6 heteroatoms. The van der Waals surface area contributed by atoms with Gasteiger partial charge in [-0.2, -0.15) is 4.68 Å². The van der Waals surface area contributed by atoms with Crippen LogP contribution in [0, 0.1) is 0 Å². The highest BCUT2D eigenvalue weighted by Gasteiger charge is 2.22. The van der Waals surface area contributed by atoms with Gasteiger partial charge in [0.25, 0.3) is 0 Å². The molecule has 1 aromatic carbocycles. The molecule has 0 aliphatic heterocycles. The van der Waals surface area contributed by atoms with Crippen LogP contribution < -0.4 is 4.90 Å². The molecule has 102 valence electrons. The van der Waals surface area contributed by atoms with Gasteiger partial charge in [-0.3, -0.25) is 0 Å². The minimum absolute atomic E-state index is 0.469. The molecule has 6 nitrogen and oxygen atoms in total. The number of anilines is 1. The zero-order valence-electron chi connectivity index (χ0n) is 11.5. The maximum atomic E-state index is 9.96. The Morgan fingerprint density at radius 2 is 1.95 bits per heavy atom. The molecule has 2 aromatic rings. The highest BCUT2D eigenvalue weighted by Crippen LogP contribution is 2.17. The van der Waals surface area contributed by atoms with Crippen LogP contribution in [0.2, 0.25) is 0 Å². The predicted molar refractivity (Wildman–Crippen MR) is 73.3 cm³/mol. The molecule has 0 aliphatic rings. The topological polar surface area (TPSA) is 67.1 Å². The van der Waals surface area contributed by atoms with E-state index < -0.39 is 5.60 Å². The van der Waals surface area contributed by atoms with Gasteiger partial charge in [0.2, 0.25) is 5.95 Å². The van der Waals surface area contributed by atoms with E-state index in [9.17, 15) is 5.11 Å². The molecule has 0 fully saturated rings. The first-order chi connectivity index (χ1) is 9.01. The Morgan fingerprint density at radius 3 is 2.53 bits per heavy atom. The smallest absolute Gasteiger partial charge is 0.250 e. The van der Waals surface area contributed by atoms with E-state index in [2.05, 4.69) is 15.5 Å². The van der Waals surface area contributed by atoms with Crippen molar-refractivity contribution >= 4 is 5.95 Å². The lowest BCUT2D eigenvalue weighted by molar-refractivity contribution is 0.0871. The number of benzene rings is 1. The lowest BCUT2D eigenvalue weighted by Gasteiger charge is -2.28. The maximum Gasteiger partial charge on any atom is 0.250 e. The van der Waals surface area contributed by atoms with Gasteiger partial charge in [-0.05, 0) is 43.3 Å². The minimum atomic E-state index is -0.802. The average molecular weight is 261 g/mol. The van der Waals surface area contributed by atoms with Gasteiger partial charge in [-0.1, -0.05) is 23.3 Å². The fraction of sp³-hybridized carbons (Fsp3) is 0.462. The molecule has 1 aromatic heterocycles. The molecule has 0 amide bonds. The number of rotatable bonds is 5. The number of aromatic nitrogens is 4. The fourth-order valence-corrected chi connectivity index (χ4v) is 1.91. The van der Waals surface area contributed by atoms with Gasteiger partial charge in [0, 0.05) is 13.1 Å². The monoisotopic (exact) mass is 261 g/mol. The van der Waals surface area contributed by atoms with Crippen LogP contribution in [-0.2, 0) is 0 Å². The molecule has 2 rings (SSSR count). The van der Waals surface area contributed by atoms with Crippen LogP contribution in [0.1, 0.15) is 20.8 Å². The lowest BCUT2D eigenvalue weighted by atomic mass is 10.1. The third-order valence-corrected chi connectivity index (χ3v) is 2.70. The number of hydrogen-bond acceptors (Lipinski definition) is 5. The summed E-state index contributed by atoms with van der Waals surface area (Å²) >= 11 is 0. The molecule has 0 atom stereocenters. The molecular formula is C13H19N5O. The number of hydrogen-bond donors (Lipinski definition) is 1. The highest BCUT2D eigenvalue weighted by atomic mass is 16.3. The first-order valence-corrected chi connectivity index (χ1v) is 6.32. The summed E-state index contributed by atoms with van der Waals surface area (Å²) in [7, 11) is 0.